The van der Waals surface area contributed by atoms with E-state index < -0.39 is 12.6 Å². The smallest absolute Gasteiger partial charge is 0.350 e. The Bertz CT molecular complexity index is 1150. The molecule has 3 aromatic rings. The van der Waals surface area contributed by atoms with E-state index in [0.717, 1.165) is 16.9 Å². The molecule has 0 radical (unpaired) electrons. The van der Waals surface area contributed by atoms with Crippen LogP contribution in [0.3, 0.4) is 0 Å². The Balaban J connectivity index is 1.43. The molecule has 2 aromatic carbocycles. The summed E-state index contributed by atoms with van der Waals surface area (Å²) in [6, 6.07) is 10.8. The molecule has 0 atom stereocenters. The lowest BCUT2D eigenvalue weighted by atomic mass is 9.99. The first kappa shape index (κ1) is 19.9. The molecule has 1 amide bonds. The van der Waals surface area contributed by atoms with Crippen molar-refractivity contribution < 1.29 is 23.5 Å². The Hall–Kier alpha value is -3.39. The van der Waals surface area contributed by atoms with Gasteiger partial charge in [0.15, 0.2) is 12.4 Å². The van der Waals surface area contributed by atoms with Crippen LogP contribution in [-0.4, -0.2) is 29.3 Å². The molecule has 30 heavy (non-hydrogen) atoms. The molecular formula is C22H17FN2O4S. The Morgan fingerprint density at radius 2 is 1.93 bits per heavy atom. The number of hydrogen-bond acceptors (Lipinski definition) is 6. The molecule has 6 nitrogen and oxygen atoms in total. The van der Waals surface area contributed by atoms with Gasteiger partial charge in [-0.3, -0.25) is 9.59 Å². The predicted molar refractivity (Wildman–Crippen MR) is 110 cm³/mol. The monoisotopic (exact) mass is 424 g/mol. The lowest BCUT2D eigenvalue weighted by molar-refractivity contribution is -0.116. The van der Waals surface area contributed by atoms with Crippen LogP contribution in [0.5, 0.6) is 0 Å². The number of aryl methyl sites for hydroxylation is 2. The number of aromatic nitrogens is 1. The molecule has 1 aliphatic heterocycles. The lowest BCUT2D eigenvalue weighted by Gasteiger charge is -2.17. The van der Waals surface area contributed by atoms with Gasteiger partial charge in [-0.15, -0.1) is 11.3 Å². The second-order valence-corrected chi connectivity index (χ2v) is 7.86. The van der Waals surface area contributed by atoms with Crippen molar-refractivity contribution >= 4 is 34.7 Å². The topological polar surface area (TPSA) is 85.4 Å². The fourth-order valence-corrected chi connectivity index (χ4v) is 4.10. The van der Waals surface area contributed by atoms with Crippen LogP contribution < -0.4 is 5.32 Å². The number of hydrogen-bond donors (Lipinski definition) is 1. The molecule has 1 aliphatic rings. The van der Waals surface area contributed by atoms with Gasteiger partial charge < -0.3 is 10.1 Å². The first-order valence-electron chi connectivity index (χ1n) is 9.27. The number of ether oxygens (including phenoxy) is 1. The molecule has 0 aliphatic carbocycles. The number of ketones is 1. The number of rotatable bonds is 5. The summed E-state index contributed by atoms with van der Waals surface area (Å²) in [6.07, 6.45) is 0.939. The van der Waals surface area contributed by atoms with Crippen molar-refractivity contribution in [3.8, 4) is 10.6 Å². The number of carbonyl (C=O) groups excluding carboxylic acids is 3. The third-order valence-electron chi connectivity index (χ3n) is 4.73. The first-order chi connectivity index (χ1) is 14.4. The molecular weight excluding hydrogens is 407 g/mol. The minimum absolute atomic E-state index is 0.0459. The fourth-order valence-electron chi connectivity index (χ4n) is 3.14. The average Bonchev–Trinajstić information content (AvgIpc) is 3.13. The van der Waals surface area contributed by atoms with Crippen LogP contribution in [0.4, 0.5) is 10.1 Å². The van der Waals surface area contributed by atoms with Gasteiger partial charge in [0, 0.05) is 23.2 Å². The molecule has 152 valence electrons. The Labute approximate surface area is 175 Å². The number of halogens is 1. The zero-order chi connectivity index (χ0) is 21.3. The summed E-state index contributed by atoms with van der Waals surface area (Å²) in [7, 11) is 0. The summed E-state index contributed by atoms with van der Waals surface area (Å²) in [5.74, 6) is -1.36. The fraction of sp³-hybridized carbons (Fsp3) is 0.182. The Morgan fingerprint density at radius 3 is 2.70 bits per heavy atom. The van der Waals surface area contributed by atoms with E-state index in [-0.39, 0.29) is 17.5 Å². The summed E-state index contributed by atoms with van der Waals surface area (Å²) in [5.41, 5.74) is 3.19. The molecule has 0 spiro atoms. The van der Waals surface area contributed by atoms with Crippen LogP contribution >= 0.6 is 11.3 Å². The maximum Gasteiger partial charge on any atom is 0.350 e. The number of thiazole rings is 1. The van der Waals surface area contributed by atoms with E-state index in [1.807, 2.05) is 0 Å². The standard InChI is InChI=1S/C22H17FN2O4S/c1-12-20(30-21(24-12)13-2-6-16(23)7-3-13)22(28)29-11-18(26)15-4-8-17-14(10-15)5-9-19(27)25-17/h2-4,6-8,10H,5,9,11H2,1H3,(H,25,27). The van der Waals surface area contributed by atoms with E-state index in [9.17, 15) is 18.8 Å². The van der Waals surface area contributed by atoms with Gasteiger partial charge in [0.1, 0.15) is 15.7 Å². The van der Waals surface area contributed by atoms with Crippen LogP contribution in [0.2, 0.25) is 0 Å². The van der Waals surface area contributed by atoms with E-state index in [1.54, 1.807) is 37.3 Å². The molecule has 4 rings (SSSR count). The largest absolute Gasteiger partial charge is 0.453 e. The number of Topliss-reactive ketones (excluding diaryl/α,β-unsaturated/α-hetero) is 1. The van der Waals surface area contributed by atoms with Gasteiger partial charge in [-0.1, -0.05) is 0 Å². The number of nitrogens with zero attached hydrogens (tertiary/aromatic N) is 1. The number of amides is 1. The van der Waals surface area contributed by atoms with Crippen molar-refractivity contribution in [2.75, 3.05) is 11.9 Å². The van der Waals surface area contributed by atoms with Gasteiger partial charge in [-0.2, -0.15) is 0 Å². The van der Waals surface area contributed by atoms with E-state index in [2.05, 4.69) is 10.3 Å². The van der Waals surface area contributed by atoms with Crippen LogP contribution in [0, 0.1) is 12.7 Å². The number of esters is 1. The number of carbonyl (C=O) groups is 3. The van der Waals surface area contributed by atoms with E-state index in [4.69, 9.17) is 4.74 Å². The highest BCUT2D eigenvalue weighted by molar-refractivity contribution is 7.17. The minimum Gasteiger partial charge on any atom is -0.453 e. The van der Waals surface area contributed by atoms with Gasteiger partial charge in [0.25, 0.3) is 0 Å². The van der Waals surface area contributed by atoms with Gasteiger partial charge in [-0.05, 0) is 61.4 Å². The Kier molecular flexibility index (Phi) is 5.41. The molecule has 0 saturated heterocycles. The van der Waals surface area contributed by atoms with Crippen LogP contribution in [0.1, 0.15) is 37.7 Å². The van der Waals surface area contributed by atoms with E-state index in [0.29, 0.717) is 45.2 Å². The van der Waals surface area contributed by atoms with Gasteiger partial charge in [0.05, 0.1) is 5.69 Å². The van der Waals surface area contributed by atoms with Crippen molar-refractivity contribution in [2.24, 2.45) is 0 Å². The molecule has 8 heteroatoms. The van der Waals surface area contributed by atoms with Crippen LogP contribution in [0.15, 0.2) is 42.5 Å². The second-order valence-electron chi connectivity index (χ2n) is 6.86. The molecule has 0 bridgehead atoms. The van der Waals surface area contributed by atoms with Gasteiger partial charge in [0.2, 0.25) is 5.91 Å². The third kappa shape index (κ3) is 4.13. The SMILES string of the molecule is Cc1nc(-c2ccc(F)cc2)sc1C(=O)OCC(=O)c1ccc2c(c1)CCC(=O)N2. The highest BCUT2D eigenvalue weighted by Gasteiger charge is 2.20. The molecule has 2 heterocycles. The van der Waals surface area contributed by atoms with Gasteiger partial charge >= 0.3 is 5.97 Å². The van der Waals surface area contributed by atoms with Crippen molar-refractivity contribution in [2.45, 2.75) is 19.8 Å². The number of benzene rings is 2. The number of nitrogens with one attached hydrogen (secondary N) is 1. The normalized spacial score (nSPS) is 12.8. The molecule has 1 aromatic heterocycles. The summed E-state index contributed by atoms with van der Waals surface area (Å²) < 4.78 is 18.3. The minimum atomic E-state index is -0.628. The maximum atomic E-state index is 13.1. The van der Waals surface area contributed by atoms with Crippen molar-refractivity contribution in [3.63, 3.8) is 0 Å². The van der Waals surface area contributed by atoms with Crippen LogP contribution in [-0.2, 0) is 16.0 Å². The first-order valence-corrected chi connectivity index (χ1v) is 10.1. The zero-order valence-electron chi connectivity index (χ0n) is 16.0. The maximum absolute atomic E-state index is 13.1. The highest BCUT2D eigenvalue weighted by Crippen LogP contribution is 2.29. The summed E-state index contributed by atoms with van der Waals surface area (Å²) >= 11 is 1.13. The summed E-state index contributed by atoms with van der Waals surface area (Å²) in [4.78, 5) is 41.0. The molecule has 1 N–H and O–H groups in total. The number of fused-ring (bicyclic) bond motifs is 1. The average molecular weight is 424 g/mol. The zero-order valence-corrected chi connectivity index (χ0v) is 16.8. The van der Waals surface area contributed by atoms with Gasteiger partial charge in [-0.25, -0.2) is 14.2 Å². The van der Waals surface area contributed by atoms with Crippen molar-refractivity contribution in [3.05, 3.63) is 70.0 Å². The molecule has 0 unspecified atom stereocenters. The summed E-state index contributed by atoms with van der Waals surface area (Å²) in [5, 5.41) is 3.33. The lowest BCUT2D eigenvalue weighted by Crippen LogP contribution is -2.20. The summed E-state index contributed by atoms with van der Waals surface area (Å²) in [6.45, 7) is 1.28. The molecule has 0 fully saturated rings. The quantitative estimate of drug-likeness (QED) is 0.491. The third-order valence-corrected chi connectivity index (χ3v) is 5.92. The van der Waals surface area contributed by atoms with Crippen molar-refractivity contribution in [1.29, 1.82) is 0 Å². The van der Waals surface area contributed by atoms with E-state index >= 15 is 0 Å². The van der Waals surface area contributed by atoms with Crippen molar-refractivity contribution in [1.82, 2.24) is 4.98 Å². The predicted octanol–water partition coefficient (Wildman–Crippen LogP) is 4.18. The second kappa shape index (κ2) is 8.16. The Morgan fingerprint density at radius 1 is 1.17 bits per heavy atom. The van der Waals surface area contributed by atoms with E-state index in [1.165, 1.54) is 12.1 Å². The van der Waals surface area contributed by atoms with Crippen LogP contribution in [0.25, 0.3) is 10.6 Å². The highest BCUT2D eigenvalue weighted by atomic mass is 32.1. The molecule has 0 saturated carbocycles. The number of anilines is 1.